The fourth-order valence-corrected chi connectivity index (χ4v) is 3.00. The molecule has 0 radical (unpaired) electrons. The zero-order chi connectivity index (χ0) is 20.7. The minimum Gasteiger partial charge on any atom is -0.396 e. The van der Waals surface area contributed by atoms with Crippen LogP contribution in [0.15, 0.2) is 51.6 Å². The number of hydrogen-bond acceptors (Lipinski definition) is 7. The van der Waals surface area contributed by atoms with Crippen LogP contribution in [0, 0.1) is 0 Å². The highest BCUT2D eigenvalue weighted by atomic mass is 35.5. The number of halogens is 1. The molecule has 0 bridgehead atoms. The van der Waals surface area contributed by atoms with Gasteiger partial charge < -0.3 is 21.3 Å². The number of allylic oxidation sites excluding steroid dienone is 3. The van der Waals surface area contributed by atoms with Gasteiger partial charge in [0.05, 0.1) is 36.9 Å². The molecule has 0 saturated heterocycles. The van der Waals surface area contributed by atoms with E-state index in [9.17, 15) is 10.0 Å². The van der Waals surface area contributed by atoms with Crippen LogP contribution in [-0.2, 0) is 4.79 Å². The fourth-order valence-electron chi connectivity index (χ4n) is 2.76. The van der Waals surface area contributed by atoms with Crippen molar-refractivity contribution >= 4 is 34.5 Å². The number of benzene rings is 1. The summed E-state index contributed by atoms with van der Waals surface area (Å²) in [4.78, 5) is 16.2. The molecule has 0 amide bonds. The van der Waals surface area contributed by atoms with Crippen molar-refractivity contribution in [1.29, 1.82) is 0 Å². The Morgan fingerprint density at radius 3 is 2.32 bits per heavy atom. The maximum Gasteiger partial charge on any atom is 0.202 e. The van der Waals surface area contributed by atoms with E-state index in [1.165, 1.54) is 0 Å². The van der Waals surface area contributed by atoms with Gasteiger partial charge >= 0.3 is 0 Å². The predicted molar refractivity (Wildman–Crippen MR) is 109 cm³/mol. The Labute approximate surface area is 168 Å². The van der Waals surface area contributed by atoms with Gasteiger partial charge in [0.15, 0.2) is 0 Å². The van der Waals surface area contributed by atoms with Crippen molar-refractivity contribution in [3.8, 4) is 0 Å². The highest BCUT2D eigenvalue weighted by molar-refractivity contribution is 6.49. The van der Waals surface area contributed by atoms with Crippen molar-refractivity contribution in [2.45, 2.75) is 6.92 Å². The number of carbonyl (C=O) groups is 1. The quantitative estimate of drug-likeness (QED) is 0.237. The van der Waals surface area contributed by atoms with Crippen LogP contribution in [0.3, 0.4) is 0 Å². The third kappa shape index (κ3) is 5.63. The molecule has 6 N–H and O–H groups in total. The standard InChI is InChI=1S/C19H25ClN4O4/c1-13-12-16(18(21)17(20)19(13)27)23-15-4-2-14(3-5-15)22-6-7-24(28,8-10-25)9-11-26/h2-5,12,25-26,28H,6-11H2,1H3,(H2-,21,22,27)/p+1. The summed E-state index contributed by atoms with van der Waals surface area (Å²) in [6.07, 6.45) is 1.61. The average molecular weight is 410 g/mol. The molecule has 0 unspecified atom stereocenters. The molecule has 1 aliphatic rings. The van der Waals surface area contributed by atoms with Crippen molar-refractivity contribution in [2.75, 3.05) is 44.7 Å². The molecule has 152 valence electrons. The van der Waals surface area contributed by atoms with E-state index in [0.717, 1.165) is 5.69 Å². The van der Waals surface area contributed by atoms with Crippen molar-refractivity contribution in [3.63, 3.8) is 0 Å². The van der Waals surface area contributed by atoms with E-state index < -0.39 is 4.65 Å². The summed E-state index contributed by atoms with van der Waals surface area (Å²) in [5.74, 6) is -0.293. The lowest BCUT2D eigenvalue weighted by molar-refractivity contribution is -1.10. The van der Waals surface area contributed by atoms with Gasteiger partial charge in [-0.1, -0.05) is 11.6 Å². The van der Waals surface area contributed by atoms with Crippen LogP contribution in [-0.4, -0.2) is 71.0 Å². The van der Waals surface area contributed by atoms with Gasteiger partial charge in [0.2, 0.25) is 5.78 Å². The molecule has 9 heteroatoms. The minimum absolute atomic E-state index is 0.0200. The molecule has 0 atom stereocenters. The maximum atomic E-state index is 11.8. The van der Waals surface area contributed by atoms with Crippen LogP contribution in [0.5, 0.6) is 0 Å². The number of quaternary nitrogens is 1. The molecule has 8 nitrogen and oxygen atoms in total. The Hall–Kier alpha value is -2.23. The first kappa shape index (κ1) is 22.1. The van der Waals surface area contributed by atoms with E-state index in [2.05, 4.69) is 10.3 Å². The lowest BCUT2D eigenvalue weighted by Gasteiger charge is -2.29. The Bertz CT molecular complexity index is 797. The molecule has 2 rings (SSSR count). The fraction of sp³-hybridized carbons (Fsp3) is 0.368. The number of hydrogen-bond donors (Lipinski definition) is 5. The molecule has 0 saturated carbocycles. The van der Waals surface area contributed by atoms with Crippen LogP contribution in [0.2, 0.25) is 0 Å². The van der Waals surface area contributed by atoms with Crippen LogP contribution >= 0.6 is 11.6 Å². The molecule has 1 aromatic carbocycles. The monoisotopic (exact) mass is 409 g/mol. The summed E-state index contributed by atoms with van der Waals surface area (Å²) in [6.45, 7) is 2.45. The highest BCUT2D eigenvalue weighted by Crippen LogP contribution is 2.23. The number of ketones is 1. The molecule has 1 aromatic rings. The molecule has 0 aliphatic heterocycles. The number of anilines is 1. The highest BCUT2D eigenvalue weighted by Gasteiger charge is 2.24. The molecule has 0 fully saturated rings. The minimum atomic E-state index is -0.400. The first-order valence-corrected chi connectivity index (χ1v) is 9.29. The van der Waals surface area contributed by atoms with E-state index in [1.807, 2.05) is 12.1 Å². The van der Waals surface area contributed by atoms with Crippen molar-refractivity contribution in [1.82, 2.24) is 0 Å². The normalized spacial score (nSPS) is 16.5. The van der Waals surface area contributed by atoms with Gasteiger partial charge in [-0.25, -0.2) is 10.2 Å². The van der Waals surface area contributed by atoms with Gasteiger partial charge in [0.25, 0.3) is 0 Å². The van der Waals surface area contributed by atoms with Crippen LogP contribution in [0.1, 0.15) is 6.92 Å². The van der Waals surface area contributed by atoms with E-state index in [-0.39, 0.29) is 42.8 Å². The molecule has 0 spiro atoms. The van der Waals surface area contributed by atoms with Crippen LogP contribution in [0.4, 0.5) is 11.4 Å². The number of Topliss-reactive ketones (excluding diaryl/α,β-unsaturated/α-hetero) is 1. The summed E-state index contributed by atoms with van der Waals surface area (Å²) < 4.78 is -0.400. The first-order chi connectivity index (χ1) is 13.3. The average Bonchev–Trinajstić information content (AvgIpc) is 2.66. The SMILES string of the molecule is CC1=CC(=Nc2ccc(NCC[N+](O)(CCO)CCO)cc2)C(N)=C(Cl)C1=O. The second-order valence-electron chi connectivity index (χ2n) is 6.57. The summed E-state index contributed by atoms with van der Waals surface area (Å²) >= 11 is 5.96. The number of aliphatic imine (C=N–C) groups is 1. The largest absolute Gasteiger partial charge is 0.396 e. The number of hydroxylamine groups is 3. The lowest BCUT2D eigenvalue weighted by Crippen LogP contribution is -2.51. The van der Waals surface area contributed by atoms with Gasteiger partial charge in [-0.15, -0.1) is 0 Å². The summed E-state index contributed by atoms with van der Waals surface area (Å²) in [6, 6.07) is 7.24. The Morgan fingerprint density at radius 1 is 1.14 bits per heavy atom. The Morgan fingerprint density at radius 2 is 1.75 bits per heavy atom. The Kier molecular flexibility index (Phi) is 7.73. The predicted octanol–water partition coefficient (Wildman–Crippen LogP) is 1.30. The maximum absolute atomic E-state index is 11.8. The zero-order valence-electron chi connectivity index (χ0n) is 15.7. The number of nitrogens with two attached hydrogens (primary N) is 1. The smallest absolute Gasteiger partial charge is 0.202 e. The lowest BCUT2D eigenvalue weighted by atomic mass is 10.0. The van der Waals surface area contributed by atoms with E-state index >= 15 is 0 Å². The molecular weight excluding hydrogens is 384 g/mol. The number of nitrogens with zero attached hydrogens (tertiary/aromatic N) is 2. The van der Waals surface area contributed by atoms with Crippen molar-refractivity contribution < 1.29 is 24.9 Å². The number of aliphatic hydroxyl groups is 2. The topological polar surface area (TPSA) is 128 Å². The van der Waals surface area contributed by atoms with Gasteiger partial charge in [-0.05, 0) is 37.3 Å². The van der Waals surface area contributed by atoms with E-state index in [4.69, 9.17) is 27.5 Å². The van der Waals surface area contributed by atoms with E-state index in [1.54, 1.807) is 25.1 Å². The molecule has 28 heavy (non-hydrogen) atoms. The summed E-state index contributed by atoms with van der Waals surface area (Å²) in [5, 5.41) is 31.5. The van der Waals surface area contributed by atoms with Gasteiger partial charge in [-0.2, -0.15) is 4.65 Å². The van der Waals surface area contributed by atoms with Gasteiger partial charge in [0, 0.05) is 11.3 Å². The number of rotatable bonds is 9. The number of nitrogens with one attached hydrogen (secondary N) is 1. The molecule has 1 aliphatic carbocycles. The first-order valence-electron chi connectivity index (χ1n) is 8.91. The molecule has 0 heterocycles. The van der Waals surface area contributed by atoms with Crippen LogP contribution < -0.4 is 11.1 Å². The summed E-state index contributed by atoms with van der Waals surface area (Å²) in [5.41, 5.74) is 8.45. The summed E-state index contributed by atoms with van der Waals surface area (Å²) in [7, 11) is 0. The van der Waals surface area contributed by atoms with Gasteiger partial charge in [-0.3, -0.25) is 4.79 Å². The van der Waals surface area contributed by atoms with Crippen molar-refractivity contribution in [3.05, 3.63) is 46.6 Å². The molecular formula is C19H26ClN4O4+. The van der Waals surface area contributed by atoms with Gasteiger partial charge in [0.1, 0.15) is 24.7 Å². The second kappa shape index (κ2) is 9.81. The Balaban J connectivity index is 2.01. The third-order valence-corrected chi connectivity index (χ3v) is 4.80. The molecule has 0 aromatic heterocycles. The zero-order valence-corrected chi connectivity index (χ0v) is 16.5. The van der Waals surface area contributed by atoms with E-state index in [0.29, 0.717) is 30.1 Å². The second-order valence-corrected chi connectivity index (χ2v) is 6.95. The van der Waals surface area contributed by atoms with Crippen LogP contribution in [0.25, 0.3) is 0 Å². The third-order valence-electron chi connectivity index (χ3n) is 4.43. The van der Waals surface area contributed by atoms with Crippen molar-refractivity contribution in [2.24, 2.45) is 10.7 Å². The number of aliphatic hydroxyl groups excluding tert-OH is 2. The number of carbonyl (C=O) groups excluding carboxylic acids is 1.